The smallest absolute Gasteiger partial charge is 0.417 e. The fourth-order valence-corrected chi connectivity index (χ4v) is 6.15. The molecule has 2 heterocycles. The van der Waals surface area contributed by atoms with Crippen LogP contribution in [0.15, 0.2) is 60.7 Å². The third-order valence-electron chi connectivity index (χ3n) is 8.52. The summed E-state index contributed by atoms with van der Waals surface area (Å²) in [5, 5.41) is 12.1. The van der Waals surface area contributed by atoms with Gasteiger partial charge >= 0.3 is 12.1 Å². The van der Waals surface area contributed by atoms with Gasteiger partial charge < -0.3 is 20.1 Å². The van der Waals surface area contributed by atoms with Gasteiger partial charge in [-0.15, -0.1) is 0 Å². The van der Waals surface area contributed by atoms with Crippen molar-refractivity contribution < 1.29 is 37.4 Å². The lowest BCUT2D eigenvalue weighted by Gasteiger charge is -2.32. The number of benzene rings is 3. The highest BCUT2D eigenvalue weighted by atomic mass is 19.4. The normalized spacial score (nSPS) is 17.1. The monoisotopic (exact) mass is 611 g/mol. The van der Waals surface area contributed by atoms with E-state index in [0.717, 1.165) is 24.5 Å². The number of carboxylic acids is 1. The second-order valence-corrected chi connectivity index (χ2v) is 11.4. The first-order valence-corrected chi connectivity index (χ1v) is 14.9. The fraction of sp³-hybridized carbons (Fsp3) is 0.424. The number of likely N-dealkylation sites (tertiary alicyclic amines) is 2. The van der Waals surface area contributed by atoms with Crippen LogP contribution < -0.4 is 5.32 Å². The molecule has 3 aromatic carbocycles. The minimum absolute atomic E-state index is 0.0210. The van der Waals surface area contributed by atoms with Gasteiger partial charge in [-0.05, 0) is 72.2 Å². The number of amides is 2. The van der Waals surface area contributed by atoms with Crippen LogP contribution in [0.4, 0.5) is 13.2 Å². The zero-order chi connectivity index (χ0) is 31.3. The Labute approximate surface area is 253 Å². The van der Waals surface area contributed by atoms with Crippen molar-refractivity contribution in [3.05, 3.63) is 82.9 Å². The number of hydrogen-bond donors (Lipinski definition) is 2. The first-order valence-electron chi connectivity index (χ1n) is 14.9. The molecular formula is C33H36F3N3O5. The minimum atomic E-state index is -4.50. The molecule has 2 saturated heterocycles. The van der Waals surface area contributed by atoms with Crippen LogP contribution in [0.3, 0.4) is 0 Å². The minimum Gasteiger partial charge on any atom is -0.480 e. The van der Waals surface area contributed by atoms with E-state index in [2.05, 4.69) is 5.32 Å². The van der Waals surface area contributed by atoms with Crippen molar-refractivity contribution in [3.63, 3.8) is 0 Å². The zero-order valence-electron chi connectivity index (χ0n) is 24.3. The van der Waals surface area contributed by atoms with Crippen LogP contribution in [0.25, 0.3) is 10.8 Å². The molecule has 2 N–H and O–H groups in total. The Balaban J connectivity index is 1.08. The van der Waals surface area contributed by atoms with Gasteiger partial charge in [0.05, 0.1) is 24.8 Å². The molecule has 0 unspecified atom stereocenters. The molecule has 5 rings (SSSR count). The molecule has 2 aliphatic rings. The number of piperidine rings is 2. The zero-order valence-corrected chi connectivity index (χ0v) is 24.3. The van der Waals surface area contributed by atoms with Gasteiger partial charge in [0.15, 0.2) is 0 Å². The summed E-state index contributed by atoms with van der Waals surface area (Å²) in [7, 11) is 0. The van der Waals surface area contributed by atoms with Crippen LogP contribution in [0.1, 0.15) is 63.4 Å². The van der Waals surface area contributed by atoms with Crippen molar-refractivity contribution in [1.29, 1.82) is 0 Å². The summed E-state index contributed by atoms with van der Waals surface area (Å²) in [6.07, 6.45) is -1.49. The Morgan fingerprint density at radius 3 is 2.18 bits per heavy atom. The number of alkyl halides is 3. The van der Waals surface area contributed by atoms with Crippen molar-refractivity contribution >= 4 is 28.6 Å². The third-order valence-corrected chi connectivity index (χ3v) is 8.52. The number of halogens is 3. The quantitative estimate of drug-likeness (QED) is 0.324. The average Bonchev–Trinajstić information content (AvgIpc) is 3.02. The number of hydrogen-bond acceptors (Lipinski definition) is 5. The van der Waals surface area contributed by atoms with Gasteiger partial charge in [-0.3, -0.25) is 19.3 Å². The largest absolute Gasteiger partial charge is 0.480 e. The molecular weight excluding hydrogens is 575 g/mol. The Morgan fingerprint density at radius 1 is 0.864 bits per heavy atom. The van der Waals surface area contributed by atoms with Crippen LogP contribution >= 0.6 is 0 Å². The van der Waals surface area contributed by atoms with Crippen molar-refractivity contribution in [2.24, 2.45) is 0 Å². The molecule has 0 atom stereocenters. The predicted molar refractivity (Wildman–Crippen MR) is 159 cm³/mol. The molecule has 2 amide bonds. The van der Waals surface area contributed by atoms with E-state index in [-0.39, 0.29) is 41.3 Å². The molecule has 3 aromatic rings. The number of nitrogens with zero attached hydrogens (tertiary/aromatic N) is 2. The molecule has 2 fully saturated rings. The lowest BCUT2D eigenvalue weighted by molar-refractivity contribution is -0.139. The van der Waals surface area contributed by atoms with E-state index in [1.54, 1.807) is 29.2 Å². The van der Waals surface area contributed by atoms with Gasteiger partial charge in [0.25, 0.3) is 11.8 Å². The van der Waals surface area contributed by atoms with E-state index in [4.69, 9.17) is 9.84 Å². The van der Waals surface area contributed by atoms with Gasteiger partial charge in [-0.25, -0.2) is 0 Å². The molecule has 2 aliphatic heterocycles. The van der Waals surface area contributed by atoms with E-state index < -0.39 is 17.7 Å². The highest BCUT2D eigenvalue weighted by molar-refractivity contribution is 6.07. The first-order chi connectivity index (χ1) is 21.1. The molecule has 0 spiro atoms. The maximum absolute atomic E-state index is 13.5. The standard InChI is InChI=1S/C33H36F3N3O5/c34-33(35,36)29-6-2-3-26-27(29)4-1-5-28(26)32(43)39-18-11-23(12-19-39)22-7-9-24(10-8-22)31(42)37-15-20-44-25-13-16-38(17-14-25)21-30(40)41/h1-10,23,25H,11-21H2,(H,37,42)(H,40,41). The first kappa shape index (κ1) is 31.5. The number of carboxylic acid groups (broad SMARTS) is 1. The van der Waals surface area contributed by atoms with E-state index in [1.165, 1.54) is 18.2 Å². The van der Waals surface area contributed by atoms with Crippen LogP contribution in [0, 0.1) is 0 Å². The number of ether oxygens (including phenoxy) is 1. The van der Waals surface area contributed by atoms with E-state index in [1.807, 2.05) is 17.0 Å². The lowest BCUT2D eigenvalue weighted by atomic mass is 9.88. The third kappa shape index (κ3) is 7.57. The van der Waals surface area contributed by atoms with Gasteiger partial charge in [-0.2, -0.15) is 13.2 Å². The van der Waals surface area contributed by atoms with Crippen molar-refractivity contribution in [3.8, 4) is 0 Å². The van der Waals surface area contributed by atoms with Crippen LogP contribution in [0.2, 0.25) is 0 Å². The highest BCUT2D eigenvalue weighted by Gasteiger charge is 2.33. The number of carbonyl (C=O) groups is 3. The van der Waals surface area contributed by atoms with Crippen molar-refractivity contribution in [1.82, 2.24) is 15.1 Å². The summed E-state index contributed by atoms with van der Waals surface area (Å²) >= 11 is 0. The van der Waals surface area contributed by atoms with Gasteiger partial charge in [0, 0.05) is 43.9 Å². The summed E-state index contributed by atoms with van der Waals surface area (Å²) in [5.74, 6) is -1.09. The van der Waals surface area contributed by atoms with Gasteiger partial charge in [0.2, 0.25) is 0 Å². The SMILES string of the molecule is O=C(O)CN1CCC(OCCNC(=O)c2ccc(C3CCN(C(=O)c4cccc5c(C(F)(F)F)cccc45)CC3)cc2)CC1. The maximum atomic E-state index is 13.5. The number of nitrogens with one attached hydrogen (secondary N) is 1. The molecule has 0 aliphatic carbocycles. The molecule has 0 saturated carbocycles. The van der Waals surface area contributed by atoms with E-state index in [9.17, 15) is 27.6 Å². The number of rotatable bonds is 9. The Hall–Kier alpha value is -3.96. The molecule has 0 bridgehead atoms. The summed E-state index contributed by atoms with van der Waals surface area (Å²) in [4.78, 5) is 40.4. The summed E-state index contributed by atoms with van der Waals surface area (Å²) in [6.45, 7) is 3.13. The molecule has 44 heavy (non-hydrogen) atoms. The van der Waals surface area contributed by atoms with Gasteiger partial charge in [-0.1, -0.05) is 36.4 Å². The Kier molecular flexibility index (Phi) is 9.85. The molecule has 11 heteroatoms. The van der Waals surface area contributed by atoms with Crippen LogP contribution in [-0.2, 0) is 15.7 Å². The Bertz CT molecular complexity index is 1480. The predicted octanol–water partition coefficient (Wildman–Crippen LogP) is 5.17. The second kappa shape index (κ2) is 13.8. The van der Waals surface area contributed by atoms with E-state index >= 15 is 0 Å². The van der Waals surface area contributed by atoms with Gasteiger partial charge in [0.1, 0.15) is 0 Å². The molecule has 0 aromatic heterocycles. The molecule has 8 nitrogen and oxygen atoms in total. The molecule has 0 radical (unpaired) electrons. The number of aliphatic carboxylic acids is 1. The second-order valence-electron chi connectivity index (χ2n) is 11.4. The fourth-order valence-electron chi connectivity index (χ4n) is 6.15. The lowest BCUT2D eigenvalue weighted by Crippen LogP contribution is -2.40. The van der Waals surface area contributed by atoms with E-state index in [0.29, 0.717) is 63.1 Å². The average molecular weight is 612 g/mol. The number of fused-ring (bicyclic) bond motifs is 1. The summed E-state index contributed by atoms with van der Waals surface area (Å²) < 4.78 is 46.4. The topological polar surface area (TPSA) is 99.2 Å². The van der Waals surface area contributed by atoms with Crippen molar-refractivity contribution in [2.75, 3.05) is 45.9 Å². The van der Waals surface area contributed by atoms with Crippen LogP contribution in [-0.4, -0.2) is 84.7 Å². The summed E-state index contributed by atoms with van der Waals surface area (Å²) in [5.41, 5.74) is 1.14. The molecule has 234 valence electrons. The Morgan fingerprint density at radius 2 is 1.52 bits per heavy atom. The van der Waals surface area contributed by atoms with Crippen LogP contribution in [0.5, 0.6) is 0 Å². The number of carbonyl (C=O) groups excluding carboxylic acids is 2. The summed E-state index contributed by atoms with van der Waals surface area (Å²) in [6, 6.07) is 15.8. The maximum Gasteiger partial charge on any atom is 0.417 e. The van der Waals surface area contributed by atoms with Crippen molar-refractivity contribution in [2.45, 2.75) is 43.9 Å². The highest BCUT2D eigenvalue weighted by Crippen LogP contribution is 2.36.